The first-order valence-electron chi connectivity index (χ1n) is 7.90. The van der Waals surface area contributed by atoms with E-state index in [0.29, 0.717) is 16.9 Å². The Labute approximate surface area is 152 Å². The molecule has 0 atom stereocenters. The summed E-state index contributed by atoms with van der Waals surface area (Å²) in [4.78, 5) is 12.7. The van der Waals surface area contributed by atoms with E-state index in [-0.39, 0.29) is 0 Å². The molecular weight excluding hydrogens is 345 g/mol. The number of nitrogens with one attached hydrogen (secondary N) is 2. The maximum atomic E-state index is 5.79. The quantitative estimate of drug-likeness (QED) is 0.449. The van der Waals surface area contributed by atoms with Crippen LogP contribution in [0, 0.1) is 0 Å². The topological polar surface area (TPSA) is 62.2 Å². The van der Waals surface area contributed by atoms with E-state index in [4.69, 9.17) is 23.2 Å². The molecule has 0 saturated heterocycles. The molecule has 7 heteroatoms. The smallest absolute Gasteiger partial charge is 0.191 e. The molecule has 0 bridgehead atoms. The number of halogens is 2. The van der Waals surface area contributed by atoms with Gasteiger partial charge in [0.2, 0.25) is 0 Å². The molecule has 0 radical (unpaired) electrons. The minimum Gasteiger partial charge on any atom is -0.357 e. The lowest BCUT2D eigenvalue weighted by atomic mass is 10.2. The molecule has 2 heterocycles. The molecule has 0 saturated carbocycles. The largest absolute Gasteiger partial charge is 0.357 e. The van der Waals surface area contributed by atoms with Gasteiger partial charge >= 0.3 is 0 Å². The van der Waals surface area contributed by atoms with Gasteiger partial charge in [0.25, 0.3) is 0 Å². The van der Waals surface area contributed by atoms with Crippen LogP contribution in [0.3, 0.4) is 0 Å². The van der Waals surface area contributed by atoms with E-state index >= 15 is 0 Å². The van der Waals surface area contributed by atoms with Gasteiger partial charge in [-0.25, -0.2) is 9.97 Å². The summed E-state index contributed by atoms with van der Waals surface area (Å²) >= 11 is 11.6. The molecule has 2 aromatic heterocycles. The highest BCUT2D eigenvalue weighted by Gasteiger charge is 1.99. The molecule has 2 aromatic rings. The van der Waals surface area contributed by atoms with Crippen molar-refractivity contribution < 1.29 is 0 Å². The zero-order valence-corrected chi connectivity index (χ0v) is 15.1. The van der Waals surface area contributed by atoms with Crippen LogP contribution < -0.4 is 10.6 Å². The molecule has 0 aliphatic rings. The van der Waals surface area contributed by atoms with Gasteiger partial charge in [0.05, 0.1) is 0 Å². The number of aliphatic imine (C=N–C) groups is 1. The van der Waals surface area contributed by atoms with Crippen LogP contribution >= 0.6 is 23.2 Å². The average molecular weight is 366 g/mol. The van der Waals surface area contributed by atoms with Crippen LogP contribution in [0.5, 0.6) is 0 Å². The van der Waals surface area contributed by atoms with Gasteiger partial charge in [0, 0.05) is 32.0 Å². The summed E-state index contributed by atoms with van der Waals surface area (Å²) in [6.45, 7) is 4.32. The van der Waals surface area contributed by atoms with Crippen LogP contribution in [0.25, 0.3) is 0 Å². The highest BCUT2D eigenvalue weighted by Crippen LogP contribution is 2.06. The van der Waals surface area contributed by atoms with Gasteiger partial charge in [-0.15, -0.1) is 0 Å². The van der Waals surface area contributed by atoms with E-state index in [2.05, 4.69) is 25.6 Å². The second-order valence-electron chi connectivity index (χ2n) is 5.17. The van der Waals surface area contributed by atoms with E-state index in [0.717, 1.165) is 43.0 Å². The van der Waals surface area contributed by atoms with Crippen molar-refractivity contribution in [2.45, 2.75) is 19.8 Å². The SMILES string of the molecule is CCNC(=NCCc1ccc(Cl)nc1)NCCc1ccc(Cl)nc1. The van der Waals surface area contributed by atoms with Gasteiger partial charge in [-0.3, -0.25) is 4.99 Å². The summed E-state index contributed by atoms with van der Waals surface area (Å²) in [6.07, 6.45) is 5.25. The molecule has 24 heavy (non-hydrogen) atoms. The first kappa shape index (κ1) is 18.5. The van der Waals surface area contributed by atoms with Gasteiger partial charge < -0.3 is 10.6 Å². The normalized spacial score (nSPS) is 11.4. The molecule has 0 fully saturated rings. The van der Waals surface area contributed by atoms with Crippen molar-refractivity contribution in [3.05, 3.63) is 58.1 Å². The number of pyridine rings is 2. The summed E-state index contributed by atoms with van der Waals surface area (Å²) in [5.41, 5.74) is 2.25. The number of guanidine groups is 1. The van der Waals surface area contributed by atoms with Crippen molar-refractivity contribution in [1.82, 2.24) is 20.6 Å². The number of nitrogens with zero attached hydrogens (tertiary/aromatic N) is 3. The summed E-state index contributed by atoms with van der Waals surface area (Å²) in [6, 6.07) is 7.55. The predicted molar refractivity (Wildman–Crippen MR) is 99.9 cm³/mol. The van der Waals surface area contributed by atoms with Crippen LogP contribution in [0.2, 0.25) is 10.3 Å². The number of hydrogen-bond acceptors (Lipinski definition) is 3. The molecule has 0 aliphatic carbocycles. The highest BCUT2D eigenvalue weighted by atomic mass is 35.5. The Hall–Kier alpha value is -1.85. The Bertz CT molecular complexity index is 641. The second-order valence-corrected chi connectivity index (χ2v) is 5.94. The number of rotatable bonds is 7. The molecule has 0 unspecified atom stereocenters. The molecule has 0 aromatic carbocycles. The van der Waals surface area contributed by atoms with Gasteiger partial charge in [-0.05, 0) is 43.0 Å². The molecule has 128 valence electrons. The van der Waals surface area contributed by atoms with E-state index in [1.54, 1.807) is 24.5 Å². The fourth-order valence-corrected chi connectivity index (χ4v) is 2.30. The predicted octanol–water partition coefficient (Wildman–Crippen LogP) is 3.12. The average Bonchev–Trinajstić information content (AvgIpc) is 2.58. The first-order valence-corrected chi connectivity index (χ1v) is 8.66. The Morgan fingerprint density at radius 1 is 0.958 bits per heavy atom. The monoisotopic (exact) mass is 365 g/mol. The first-order chi connectivity index (χ1) is 11.7. The molecular formula is C17H21Cl2N5. The lowest BCUT2D eigenvalue weighted by Gasteiger charge is -2.11. The van der Waals surface area contributed by atoms with Gasteiger partial charge in [0.1, 0.15) is 10.3 Å². The molecule has 0 amide bonds. The van der Waals surface area contributed by atoms with Crippen LogP contribution in [-0.2, 0) is 12.8 Å². The molecule has 2 N–H and O–H groups in total. The van der Waals surface area contributed by atoms with Crippen LogP contribution in [0.4, 0.5) is 0 Å². The fraction of sp³-hybridized carbons (Fsp3) is 0.353. The van der Waals surface area contributed by atoms with Crippen LogP contribution in [0.15, 0.2) is 41.7 Å². The van der Waals surface area contributed by atoms with Crippen molar-refractivity contribution in [1.29, 1.82) is 0 Å². The van der Waals surface area contributed by atoms with Crippen LogP contribution in [-0.4, -0.2) is 35.6 Å². The summed E-state index contributed by atoms with van der Waals surface area (Å²) in [5.74, 6) is 0.807. The minimum absolute atomic E-state index is 0.508. The van der Waals surface area contributed by atoms with Crippen molar-refractivity contribution in [2.24, 2.45) is 4.99 Å². The Kier molecular flexibility index (Phi) is 7.79. The van der Waals surface area contributed by atoms with Crippen molar-refractivity contribution in [3.63, 3.8) is 0 Å². The van der Waals surface area contributed by atoms with E-state index in [9.17, 15) is 0 Å². The van der Waals surface area contributed by atoms with Crippen molar-refractivity contribution in [3.8, 4) is 0 Å². The third-order valence-electron chi connectivity index (χ3n) is 3.30. The molecule has 5 nitrogen and oxygen atoms in total. The Morgan fingerprint density at radius 3 is 2.12 bits per heavy atom. The zero-order valence-electron chi connectivity index (χ0n) is 13.6. The molecule has 0 aliphatic heterocycles. The summed E-state index contributed by atoms with van der Waals surface area (Å²) in [7, 11) is 0. The second kappa shape index (κ2) is 10.1. The Balaban J connectivity index is 1.79. The number of aromatic nitrogens is 2. The van der Waals surface area contributed by atoms with Crippen LogP contribution in [0.1, 0.15) is 18.1 Å². The van der Waals surface area contributed by atoms with E-state index in [1.165, 1.54) is 0 Å². The lowest BCUT2D eigenvalue weighted by molar-refractivity contribution is 0.795. The standard InChI is InChI=1S/C17H21Cl2N5/c1-2-20-17(21-9-7-13-3-5-15(18)23-11-13)22-10-8-14-4-6-16(19)24-12-14/h3-6,11-12H,2,7-10H2,1H3,(H2,20,21,22). The lowest BCUT2D eigenvalue weighted by Crippen LogP contribution is -2.38. The fourth-order valence-electron chi connectivity index (χ4n) is 2.07. The maximum absolute atomic E-state index is 5.79. The Morgan fingerprint density at radius 2 is 1.58 bits per heavy atom. The highest BCUT2D eigenvalue weighted by molar-refractivity contribution is 6.29. The van der Waals surface area contributed by atoms with E-state index < -0.39 is 0 Å². The van der Waals surface area contributed by atoms with Gasteiger partial charge in [-0.2, -0.15) is 0 Å². The third kappa shape index (κ3) is 6.72. The van der Waals surface area contributed by atoms with E-state index in [1.807, 2.05) is 19.1 Å². The molecule has 0 spiro atoms. The van der Waals surface area contributed by atoms with Crippen molar-refractivity contribution in [2.75, 3.05) is 19.6 Å². The van der Waals surface area contributed by atoms with Crippen molar-refractivity contribution >= 4 is 29.2 Å². The molecule has 2 rings (SSSR count). The zero-order chi connectivity index (χ0) is 17.2. The van der Waals surface area contributed by atoms with Gasteiger partial charge in [-0.1, -0.05) is 35.3 Å². The summed E-state index contributed by atoms with van der Waals surface area (Å²) < 4.78 is 0. The summed E-state index contributed by atoms with van der Waals surface area (Å²) in [5, 5.41) is 7.58. The third-order valence-corrected chi connectivity index (χ3v) is 3.75. The van der Waals surface area contributed by atoms with Gasteiger partial charge in [0.15, 0.2) is 5.96 Å². The minimum atomic E-state index is 0.508. The maximum Gasteiger partial charge on any atom is 0.191 e. The number of hydrogen-bond donors (Lipinski definition) is 2.